The van der Waals surface area contributed by atoms with Crippen molar-refractivity contribution in [3.63, 3.8) is 0 Å². The molecule has 0 atom stereocenters. The molecule has 3 aromatic carbocycles. The average molecular weight is 553 g/mol. The molecule has 0 saturated heterocycles. The van der Waals surface area contributed by atoms with Crippen LogP contribution in [0.4, 0.5) is 5.13 Å². The molecular formula is C33H32N2O4S. The maximum atomic E-state index is 13.0. The predicted octanol–water partition coefficient (Wildman–Crippen LogP) is 7.00. The summed E-state index contributed by atoms with van der Waals surface area (Å²) in [5.41, 5.74) is 1.83. The largest absolute Gasteiger partial charge is 0.458 e. The highest BCUT2D eigenvalue weighted by molar-refractivity contribution is 7.13. The maximum absolute atomic E-state index is 13.0. The highest BCUT2D eigenvalue weighted by Gasteiger charge is 2.37. The summed E-state index contributed by atoms with van der Waals surface area (Å²) in [6.07, 6.45) is 2.60. The number of carbonyl (C=O) groups excluding carboxylic acids is 2. The van der Waals surface area contributed by atoms with Crippen molar-refractivity contribution in [1.29, 1.82) is 0 Å². The van der Waals surface area contributed by atoms with Gasteiger partial charge in [0.25, 0.3) is 0 Å². The SMILES string of the molecule is C=CCOC(=O)/C(=C\C(=O)OC(C)(C)C)c1csc(NC(c2ccccc2)(c2ccccc2)c2ccccc2)n1. The first-order valence-electron chi connectivity index (χ1n) is 12.9. The molecule has 0 spiro atoms. The summed E-state index contributed by atoms with van der Waals surface area (Å²) >= 11 is 1.33. The van der Waals surface area contributed by atoms with E-state index in [0.717, 1.165) is 22.8 Å². The van der Waals surface area contributed by atoms with E-state index in [4.69, 9.17) is 14.5 Å². The van der Waals surface area contributed by atoms with Crippen LogP contribution in [0.3, 0.4) is 0 Å². The Bertz CT molecular complexity index is 1380. The second kappa shape index (κ2) is 12.6. The number of anilines is 1. The third-order valence-corrected chi connectivity index (χ3v) is 6.67. The Morgan fingerprint density at radius 1 is 0.875 bits per heavy atom. The lowest BCUT2D eigenvalue weighted by atomic mass is 9.77. The smallest absolute Gasteiger partial charge is 0.340 e. The molecule has 1 N–H and O–H groups in total. The van der Waals surface area contributed by atoms with Crippen molar-refractivity contribution in [2.75, 3.05) is 11.9 Å². The Kier molecular flexibility index (Phi) is 8.97. The molecule has 0 aliphatic carbocycles. The van der Waals surface area contributed by atoms with Crippen LogP contribution in [0.1, 0.15) is 43.2 Å². The Labute approximate surface area is 239 Å². The Morgan fingerprint density at radius 2 is 1.38 bits per heavy atom. The summed E-state index contributed by atoms with van der Waals surface area (Å²) in [6.45, 7) is 8.87. The van der Waals surface area contributed by atoms with Crippen LogP contribution in [0.2, 0.25) is 0 Å². The first-order valence-corrected chi connectivity index (χ1v) is 13.7. The molecule has 4 aromatic rings. The van der Waals surface area contributed by atoms with E-state index in [2.05, 4.69) is 48.3 Å². The van der Waals surface area contributed by atoms with Gasteiger partial charge in [0.15, 0.2) is 5.13 Å². The van der Waals surface area contributed by atoms with Crippen LogP contribution >= 0.6 is 11.3 Å². The van der Waals surface area contributed by atoms with Gasteiger partial charge in [0.1, 0.15) is 17.7 Å². The van der Waals surface area contributed by atoms with E-state index >= 15 is 0 Å². The number of nitrogens with zero attached hydrogens (tertiary/aromatic N) is 1. The second-order valence-corrected chi connectivity index (χ2v) is 10.8. The maximum Gasteiger partial charge on any atom is 0.340 e. The molecule has 0 unspecified atom stereocenters. The van der Waals surface area contributed by atoms with Gasteiger partial charge >= 0.3 is 11.9 Å². The molecule has 40 heavy (non-hydrogen) atoms. The summed E-state index contributed by atoms with van der Waals surface area (Å²) in [5, 5.41) is 5.96. The number of ether oxygens (including phenoxy) is 2. The van der Waals surface area contributed by atoms with Crippen molar-refractivity contribution in [3.8, 4) is 0 Å². The number of nitrogens with one attached hydrogen (secondary N) is 1. The standard InChI is InChI=1S/C33H32N2O4S/c1-5-21-38-30(37)27(22-29(36)39-32(2,3)4)28-23-40-31(34-28)35-33(24-15-9-6-10-16-24,25-17-11-7-12-18-25)26-19-13-8-14-20-26/h5-20,22-23H,1,21H2,2-4H3,(H,34,35)/b27-22-. The fourth-order valence-corrected chi connectivity index (χ4v) is 5.06. The van der Waals surface area contributed by atoms with Crippen molar-refractivity contribution >= 4 is 34.0 Å². The Balaban J connectivity index is 1.82. The van der Waals surface area contributed by atoms with Crippen LogP contribution in [-0.4, -0.2) is 29.1 Å². The minimum Gasteiger partial charge on any atom is -0.458 e. The molecule has 1 aromatic heterocycles. The van der Waals surface area contributed by atoms with Gasteiger partial charge in [-0.05, 0) is 37.5 Å². The fraction of sp³-hybridized carbons (Fsp3) is 0.182. The quantitative estimate of drug-likeness (QED) is 0.0988. The van der Waals surface area contributed by atoms with Gasteiger partial charge in [-0.15, -0.1) is 11.3 Å². The normalized spacial score (nSPS) is 11.9. The molecule has 0 bridgehead atoms. The number of rotatable bonds is 10. The summed E-state index contributed by atoms with van der Waals surface area (Å²) in [7, 11) is 0. The second-order valence-electron chi connectivity index (χ2n) is 9.99. The van der Waals surface area contributed by atoms with Gasteiger partial charge in [-0.1, -0.05) is 104 Å². The Hall–Kier alpha value is -4.49. The number of benzene rings is 3. The zero-order valence-electron chi connectivity index (χ0n) is 22.8. The number of hydrogen-bond acceptors (Lipinski definition) is 7. The molecule has 1 heterocycles. The highest BCUT2D eigenvalue weighted by atomic mass is 32.1. The average Bonchev–Trinajstić information content (AvgIpc) is 3.42. The van der Waals surface area contributed by atoms with Crippen LogP contribution < -0.4 is 5.32 Å². The van der Waals surface area contributed by atoms with Gasteiger partial charge in [0, 0.05) is 11.5 Å². The molecule has 0 aliphatic heterocycles. The number of hydrogen-bond donors (Lipinski definition) is 1. The van der Waals surface area contributed by atoms with Crippen LogP contribution in [0, 0.1) is 0 Å². The van der Waals surface area contributed by atoms with Crippen LogP contribution in [-0.2, 0) is 24.6 Å². The van der Waals surface area contributed by atoms with Crippen molar-refractivity contribution in [2.45, 2.75) is 31.9 Å². The van der Waals surface area contributed by atoms with Crippen LogP contribution in [0.15, 0.2) is 115 Å². The summed E-state index contributed by atoms with van der Waals surface area (Å²) in [4.78, 5) is 30.4. The van der Waals surface area contributed by atoms with Gasteiger partial charge in [-0.25, -0.2) is 14.6 Å². The van der Waals surface area contributed by atoms with Crippen molar-refractivity contribution in [1.82, 2.24) is 4.98 Å². The number of aromatic nitrogens is 1. The minimum absolute atomic E-state index is 0.00112. The van der Waals surface area contributed by atoms with E-state index in [1.807, 2.05) is 54.6 Å². The van der Waals surface area contributed by atoms with Gasteiger partial charge in [-0.2, -0.15) is 0 Å². The molecule has 6 nitrogen and oxygen atoms in total. The first-order chi connectivity index (χ1) is 19.2. The van der Waals surface area contributed by atoms with Gasteiger partial charge < -0.3 is 14.8 Å². The molecule has 0 aliphatic rings. The molecule has 7 heteroatoms. The first kappa shape index (κ1) is 28.5. The fourth-order valence-electron chi connectivity index (χ4n) is 4.30. The van der Waals surface area contributed by atoms with Crippen molar-refractivity contribution < 1.29 is 19.1 Å². The molecular weight excluding hydrogens is 520 g/mol. The zero-order chi connectivity index (χ0) is 28.6. The number of thiazole rings is 1. The minimum atomic E-state index is -0.794. The zero-order valence-corrected chi connectivity index (χ0v) is 23.6. The summed E-state index contributed by atoms with van der Waals surface area (Å²) < 4.78 is 10.7. The van der Waals surface area contributed by atoms with Gasteiger partial charge in [0.05, 0.1) is 11.3 Å². The molecule has 0 fully saturated rings. The molecule has 0 amide bonds. The molecule has 0 saturated carbocycles. The van der Waals surface area contributed by atoms with Gasteiger partial charge in [0.2, 0.25) is 0 Å². The van der Waals surface area contributed by atoms with Crippen molar-refractivity contribution in [2.24, 2.45) is 0 Å². The molecule has 0 radical (unpaired) electrons. The van der Waals surface area contributed by atoms with Gasteiger partial charge in [-0.3, -0.25) is 0 Å². The van der Waals surface area contributed by atoms with E-state index in [9.17, 15) is 9.59 Å². The highest BCUT2D eigenvalue weighted by Crippen LogP contribution is 2.41. The topological polar surface area (TPSA) is 77.5 Å². The lowest BCUT2D eigenvalue weighted by Gasteiger charge is -2.36. The van der Waals surface area contributed by atoms with Crippen LogP contribution in [0.5, 0.6) is 0 Å². The predicted molar refractivity (Wildman–Crippen MR) is 160 cm³/mol. The van der Waals surface area contributed by atoms with E-state index < -0.39 is 23.1 Å². The number of carbonyl (C=O) groups is 2. The van der Waals surface area contributed by atoms with E-state index in [0.29, 0.717) is 10.8 Å². The third-order valence-electron chi connectivity index (χ3n) is 5.92. The van der Waals surface area contributed by atoms with Crippen LogP contribution in [0.25, 0.3) is 5.57 Å². The molecule has 204 valence electrons. The molecule has 4 rings (SSSR count). The third kappa shape index (κ3) is 6.74. The van der Waals surface area contributed by atoms with Crippen molar-refractivity contribution in [3.05, 3.63) is 137 Å². The summed E-state index contributed by atoms with van der Waals surface area (Å²) in [6, 6.07) is 30.4. The monoisotopic (exact) mass is 552 g/mol. The lowest BCUT2D eigenvalue weighted by Crippen LogP contribution is -2.38. The van der Waals surface area contributed by atoms with E-state index in [1.54, 1.807) is 26.2 Å². The summed E-state index contributed by atoms with van der Waals surface area (Å²) in [5.74, 6) is -1.35. The van der Waals surface area contributed by atoms with E-state index in [1.165, 1.54) is 17.4 Å². The number of esters is 2. The Morgan fingerprint density at radius 3 is 1.82 bits per heavy atom. The van der Waals surface area contributed by atoms with E-state index in [-0.39, 0.29) is 12.2 Å². The lowest BCUT2D eigenvalue weighted by molar-refractivity contribution is -0.148.